The number of rotatable bonds is 4. The predicted octanol–water partition coefficient (Wildman–Crippen LogP) is 4.50. The second kappa shape index (κ2) is 6.88. The monoisotopic (exact) mass is 356 g/mol. The molecular weight excluding hydrogens is 331 g/mol. The van der Waals surface area contributed by atoms with Crippen molar-refractivity contribution in [2.45, 2.75) is 44.4 Å². The van der Waals surface area contributed by atoms with Crippen LogP contribution in [0.1, 0.15) is 64.8 Å². The van der Waals surface area contributed by atoms with E-state index in [0.29, 0.717) is 17.4 Å². The van der Waals surface area contributed by atoms with Crippen molar-refractivity contribution in [3.05, 3.63) is 52.6 Å². The number of nitrogens with one attached hydrogen (secondary N) is 1. The smallest absolute Gasteiger partial charge is 0.257 e. The number of anilines is 1. The maximum Gasteiger partial charge on any atom is 0.257 e. The first-order valence-electron chi connectivity index (χ1n) is 9.39. The molecule has 4 rings (SSSR count). The van der Waals surface area contributed by atoms with Crippen LogP contribution in [-0.2, 0) is 11.8 Å². The van der Waals surface area contributed by atoms with Gasteiger partial charge in [-0.15, -0.1) is 0 Å². The van der Waals surface area contributed by atoms with Gasteiger partial charge in [-0.1, -0.05) is 6.07 Å². The summed E-state index contributed by atoms with van der Waals surface area (Å²) >= 11 is 0. The van der Waals surface area contributed by atoms with Crippen LogP contribution in [0.5, 0.6) is 0 Å². The summed E-state index contributed by atoms with van der Waals surface area (Å²) in [6.07, 6.45) is 4.23. The first-order chi connectivity index (χ1) is 12.5. The molecule has 0 radical (unpaired) electrons. The average molecular weight is 356 g/mol. The van der Waals surface area contributed by atoms with Gasteiger partial charge in [0.15, 0.2) is 0 Å². The minimum absolute atomic E-state index is 0.243. The van der Waals surface area contributed by atoms with Crippen LogP contribution < -0.4 is 5.32 Å². The molecule has 1 saturated carbocycles. The molecule has 2 heterocycles. The van der Waals surface area contributed by atoms with E-state index in [9.17, 15) is 9.18 Å². The number of benzene rings is 1. The zero-order valence-electron chi connectivity index (χ0n) is 15.3. The molecule has 0 unspecified atom stereocenters. The summed E-state index contributed by atoms with van der Waals surface area (Å²) in [6, 6.07) is 7.01. The van der Waals surface area contributed by atoms with E-state index in [1.54, 1.807) is 6.07 Å². The van der Waals surface area contributed by atoms with Gasteiger partial charge in [0, 0.05) is 31.6 Å². The highest BCUT2D eigenvalue weighted by Gasteiger charge is 2.29. The summed E-state index contributed by atoms with van der Waals surface area (Å²) in [4.78, 5) is 12.8. The van der Waals surface area contributed by atoms with E-state index in [4.69, 9.17) is 4.74 Å². The van der Waals surface area contributed by atoms with Gasteiger partial charge in [-0.2, -0.15) is 0 Å². The quantitative estimate of drug-likeness (QED) is 0.877. The van der Waals surface area contributed by atoms with Gasteiger partial charge in [0.1, 0.15) is 5.82 Å². The Morgan fingerprint density at radius 1 is 1.15 bits per heavy atom. The SMILES string of the molecule is Cc1c(C(=O)Nc2cc(C3CCOCC3)ccc2F)cc(C2CC2)n1C. The summed E-state index contributed by atoms with van der Waals surface area (Å²) in [5.41, 5.74) is 4.07. The van der Waals surface area contributed by atoms with Gasteiger partial charge in [0.05, 0.1) is 11.3 Å². The zero-order chi connectivity index (χ0) is 18.3. The molecule has 1 N–H and O–H groups in total. The average Bonchev–Trinajstić information content (AvgIpc) is 3.44. The number of halogens is 1. The second-order valence-corrected chi connectivity index (χ2v) is 7.48. The molecule has 2 fully saturated rings. The molecule has 1 amide bonds. The predicted molar refractivity (Wildman–Crippen MR) is 99.3 cm³/mol. The molecule has 1 aromatic carbocycles. The number of aromatic nitrogens is 1. The molecule has 0 spiro atoms. The second-order valence-electron chi connectivity index (χ2n) is 7.48. The van der Waals surface area contributed by atoms with Crippen LogP contribution in [-0.4, -0.2) is 23.7 Å². The first-order valence-corrected chi connectivity index (χ1v) is 9.39. The highest BCUT2D eigenvalue weighted by molar-refractivity contribution is 6.05. The number of carbonyl (C=O) groups excluding carboxylic acids is 1. The van der Waals surface area contributed by atoms with Crippen LogP contribution in [0.15, 0.2) is 24.3 Å². The largest absolute Gasteiger partial charge is 0.381 e. The van der Waals surface area contributed by atoms with Crippen LogP contribution in [0, 0.1) is 12.7 Å². The van der Waals surface area contributed by atoms with E-state index in [0.717, 1.165) is 37.3 Å². The Balaban J connectivity index is 1.56. The third kappa shape index (κ3) is 3.28. The van der Waals surface area contributed by atoms with E-state index in [2.05, 4.69) is 9.88 Å². The van der Waals surface area contributed by atoms with Crippen molar-refractivity contribution >= 4 is 11.6 Å². The van der Waals surface area contributed by atoms with Crippen LogP contribution >= 0.6 is 0 Å². The van der Waals surface area contributed by atoms with Gasteiger partial charge in [-0.25, -0.2) is 4.39 Å². The molecule has 1 aliphatic carbocycles. The molecule has 2 aliphatic rings. The minimum Gasteiger partial charge on any atom is -0.381 e. The molecule has 138 valence electrons. The van der Waals surface area contributed by atoms with Crippen LogP contribution in [0.4, 0.5) is 10.1 Å². The lowest BCUT2D eigenvalue weighted by atomic mass is 9.91. The van der Waals surface area contributed by atoms with E-state index < -0.39 is 5.82 Å². The maximum atomic E-state index is 14.3. The van der Waals surface area contributed by atoms with Crippen molar-refractivity contribution in [3.8, 4) is 0 Å². The highest BCUT2D eigenvalue weighted by atomic mass is 19.1. The summed E-state index contributed by atoms with van der Waals surface area (Å²) in [5, 5.41) is 2.79. The molecular formula is C21H25FN2O2. The molecule has 0 atom stereocenters. The lowest BCUT2D eigenvalue weighted by molar-refractivity contribution is 0.0853. The lowest BCUT2D eigenvalue weighted by Crippen LogP contribution is -2.16. The van der Waals surface area contributed by atoms with E-state index in [1.165, 1.54) is 24.6 Å². The Hall–Kier alpha value is -2.14. The molecule has 1 aromatic heterocycles. The van der Waals surface area contributed by atoms with Crippen molar-refractivity contribution in [2.24, 2.45) is 7.05 Å². The van der Waals surface area contributed by atoms with Gasteiger partial charge in [0.2, 0.25) is 0 Å². The fourth-order valence-corrected chi connectivity index (χ4v) is 3.84. The number of amides is 1. The number of hydrogen-bond acceptors (Lipinski definition) is 2. The van der Waals surface area contributed by atoms with Gasteiger partial charge in [-0.3, -0.25) is 4.79 Å². The Bertz CT molecular complexity index is 833. The zero-order valence-corrected chi connectivity index (χ0v) is 15.3. The molecule has 1 aliphatic heterocycles. The number of nitrogens with zero attached hydrogens (tertiary/aromatic N) is 1. The van der Waals surface area contributed by atoms with Crippen molar-refractivity contribution in [1.29, 1.82) is 0 Å². The Morgan fingerprint density at radius 3 is 2.58 bits per heavy atom. The molecule has 4 nitrogen and oxygen atoms in total. The number of carbonyl (C=O) groups is 1. The molecule has 26 heavy (non-hydrogen) atoms. The van der Waals surface area contributed by atoms with E-state index in [1.807, 2.05) is 26.1 Å². The molecule has 1 saturated heterocycles. The third-order valence-corrected chi connectivity index (χ3v) is 5.74. The summed E-state index contributed by atoms with van der Waals surface area (Å²) in [6.45, 7) is 3.41. The van der Waals surface area contributed by atoms with Gasteiger partial charge in [-0.05, 0) is 68.2 Å². The summed E-state index contributed by atoms with van der Waals surface area (Å²) < 4.78 is 21.8. The van der Waals surface area contributed by atoms with Gasteiger partial charge >= 0.3 is 0 Å². The Kier molecular flexibility index (Phi) is 4.57. The van der Waals surface area contributed by atoms with Crippen molar-refractivity contribution in [3.63, 3.8) is 0 Å². The fraction of sp³-hybridized carbons (Fsp3) is 0.476. The minimum atomic E-state index is -0.398. The van der Waals surface area contributed by atoms with Crippen LogP contribution in [0.2, 0.25) is 0 Å². The van der Waals surface area contributed by atoms with E-state index >= 15 is 0 Å². The third-order valence-electron chi connectivity index (χ3n) is 5.74. The van der Waals surface area contributed by atoms with Crippen molar-refractivity contribution in [1.82, 2.24) is 4.57 Å². The Morgan fingerprint density at radius 2 is 1.88 bits per heavy atom. The van der Waals surface area contributed by atoms with Crippen LogP contribution in [0.3, 0.4) is 0 Å². The van der Waals surface area contributed by atoms with Gasteiger partial charge in [0.25, 0.3) is 5.91 Å². The standard InChI is InChI=1S/C21H25FN2O2/c1-13-17(12-20(24(13)2)15-3-4-15)21(25)23-19-11-16(5-6-18(19)22)14-7-9-26-10-8-14/h5-6,11-12,14-15H,3-4,7-10H2,1-2H3,(H,23,25). The van der Waals surface area contributed by atoms with Gasteiger partial charge < -0.3 is 14.6 Å². The van der Waals surface area contributed by atoms with Crippen molar-refractivity contribution in [2.75, 3.05) is 18.5 Å². The number of hydrogen-bond donors (Lipinski definition) is 1. The summed E-state index contributed by atoms with van der Waals surface area (Å²) in [7, 11) is 1.99. The molecule has 0 bridgehead atoms. The fourth-order valence-electron chi connectivity index (χ4n) is 3.84. The normalized spacial score (nSPS) is 18.1. The maximum absolute atomic E-state index is 14.3. The Labute approximate surface area is 153 Å². The van der Waals surface area contributed by atoms with Crippen molar-refractivity contribution < 1.29 is 13.9 Å². The van der Waals surface area contributed by atoms with Crippen LogP contribution in [0.25, 0.3) is 0 Å². The summed E-state index contributed by atoms with van der Waals surface area (Å²) in [5.74, 6) is 0.284. The molecule has 2 aromatic rings. The number of ether oxygens (including phenoxy) is 1. The topological polar surface area (TPSA) is 43.3 Å². The first kappa shape index (κ1) is 17.3. The molecule has 5 heteroatoms. The highest BCUT2D eigenvalue weighted by Crippen LogP contribution is 2.41. The lowest BCUT2D eigenvalue weighted by Gasteiger charge is -2.23. The van der Waals surface area contributed by atoms with E-state index in [-0.39, 0.29) is 11.6 Å².